The van der Waals surface area contributed by atoms with Crippen LogP contribution in [0.2, 0.25) is 0 Å². The van der Waals surface area contributed by atoms with Crippen molar-refractivity contribution in [1.29, 1.82) is 0 Å². The highest BCUT2D eigenvalue weighted by molar-refractivity contribution is 5.96. The maximum Gasteiger partial charge on any atom is 0.245 e. The van der Waals surface area contributed by atoms with Gasteiger partial charge in [-0.1, -0.05) is 6.92 Å². The van der Waals surface area contributed by atoms with Crippen LogP contribution in [0.3, 0.4) is 0 Å². The predicted octanol–water partition coefficient (Wildman–Crippen LogP) is 0.747. The van der Waals surface area contributed by atoms with Gasteiger partial charge in [0.15, 0.2) is 5.82 Å². The summed E-state index contributed by atoms with van der Waals surface area (Å²) in [4.78, 5) is 11.8. The van der Waals surface area contributed by atoms with Crippen LogP contribution in [-0.2, 0) is 11.8 Å². The minimum Gasteiger partial charge on any atom is -0.308 e. The summed E-state index contributed by atoms with van der Waals surface area (Å²) in [5.74, 6) is 0.497. The number of aryl methyl sites for hydroxylation is 1. The Morgan fingerprint density at radius 2 is 2.27 bits per heavy atom. The average molecular weight is 210 g/mol. The van der Waals surface area contributed by atoms with Crippen LogP contribution in [-0.4, -0.2) is 27.8 Å². The lowest BCUT2D eigenvalue weighted by Crippen LogP contribution is -2.49. The van der Waals surface area contributed by atoms with Crippen molar-refractivity contribution in [2.24, 2.45) is 7.05 Å². The lowest BCUT2D eigenvalue weighted by atomic mass is 10.1. The van der Waals surface area contributed by atoms with Gasteiger partial charge in [0, 0.05) is 19.3 Å². The van der Waals surface area contributed by atoms with Gasteiger partial charge >= 0.3 is 0 Å². The Morgan fingerprint density at radius 1 is 1.60 bits per heavy atom. The number of hydrogen-bond acceptors (Lipinski definition) is 3. The Labute approximate surface area is 89.9 Å². The van der Waals surface area contributed by atoms with Crippen molar-refractivity contribution in [2.45, 2.75) is 26.3 Å². The van der Waals surface area contributed by atoms with Gasteiger partial charge in [0.1, 0.15) is 0 Å². The van der Waals surface area contributed by atoms with Crippen molar-refractivity contribution in [3.8, 4) is 0 Å². The molecule has 0 aliphatic heterocycles. The second-order valence-corrected chi connectivity index (χ2v) is 3.98. The van der Waals surface area contributed by atoms with Gasteiger partial charge in [-0.05, 0) is 20.4 Å². The van der Waals surface area contributed by atoms with E-state index in [1.54, 1.807) is 16.9 Å². The molecular formula is C10H18N4O. The number of carbonyl (C=O) groups excluding carboxylic acids is 1. The molecule has 1 aromatic rings. The number of rotatable bonds is 4. The van der Waals surface area contributed by atoms with Crippen LogP contribution in [0.25, 0.3) is 0 Å². The van der Waals surface area contributed by atoms with Crippen LogP contribution in [0, 0.1) is 0 Å². The fourth-order valence-corrected chi connectivity index (χ4v) is 1.28. The van der Waals surface area contributed by atoms with Gasteiger partial charge in [0.05, 0.1) is 5.54 Å². The molecule has 0 fully saturated rings. The van der Waals surface area contributed by atoms with E-state index in [4.69, 9.17) is 0 Å². The molecule has 1 rings (SSSR count). The first-order valence-corrected chi connectivity index (χ1v) is 5.02. The summed E-state index contributed by atoms with van der Waals surface area (Å²) in [5, 5.41) is 9.94. The van der Waals surface area contributed by atoms with Crippen molar-refractivity contribution in [3.05, 3.63) is 12.3 Å². The van der Waals surface area contributed by atoms with Crippen molar-refractivity contribution in [3.63, 3.8) is 0 Å². The van der Waals surface area contributed by atoms with Crippen molar-refractivity contribution in [2.75, 3.05) is 11.9 Å². The van der Waals surface area contributed by atoms with Crippen LogP contribution >= 0.6 is 0 Å². The van der Waals surface area contributed by atoms with E-state index in [0.29, 0.717) is 5.82 Å². The Bertz CT molecular complexity index is 343. The summed E-state index contributed by atoms with van der Waals surface area (Å²) in [6.07, 6.45) is 1.79. The minimum atomic E-state index is -0.577. The summed E-state index contributed by atoms with van der Waals surface area (Å²) >= 11 is 0. The van der Waals surface area contributed by atoms with E-state index < -0.39 is 5.54 Å². The molecule has 0 bridgehead atoms. The van der Waals surface area contributed by atoms with Crippen LogP contribution in [0.1, 0.15) is 20.8 Å². The molecule has 0 spiro atoms. The maximum absolute atomic E-state index is 11.8. The number of hydrogen-bond donors (Lipinski definition) is 2. The van der Waals surface area contributed by atoms with Crippen LogP contribution in [0.4, 0.5) is 5.82 Å². The lowest BCUT2D eigenvalue weighted by molar-refractivity contribution is -0.121. The first-order chi connectivity index (χ1) is 6.95. The third-order valence-corrected chi connectivity index (χ3v) is 2.14. The number of nitrogens with one attached hydrogen (secondary N) is 2. The van der Waals surface area contributed by atoms with Crippen LogP contribution in [0.15, 0.2) is 12.3 Å². The van der Waals surface area contributed by atoms with Gasteiger partial charge in [0.2, 0.25) is 5.91 Å². The van der Waals surface area contributed by atoms with Gasteiger partial charge < -0.3 is 10.6 Å². The van der Waals surface area contributed by atoms with E-state index in [0.717, 1.165) is 6.54 Å². The van der Waals surface area contributed by atoms with Crippen molar-refractivity contribution < 1.29 is 4.79 Å². The molecule has 5 heteroatoms. The second-order valence-electron chi connectivity index (χ2n) is 3.98. The topological polar surface area (TPSA) is 59.0 Å². The Kier molecular flexibility index (Phi) is 3.47. The Hall–Kier alpha value is -1.36. The first-order valence-electron chi connectivity index (χ1n) is 5.02. The fraction of sp³-hybridized carbons (Fsp3) is 0.600. The third-order valence-electron chi connectivity index (χ3n) is 2.14. The SMILES string of the molecule is CCNC(C)(C)C(=O)Nc1ccn(C)n1. The van der Waals surface area contributed by atoms with Crippen molar-refractivity contribution >= 4 is 11.7 Å². The smallest absolute Gasteiger partial charge is 0.245 e. The number of likely N-dealkylation sites (N-methyl/N-ethyl adjacent to an activating group) is 1. The number of anilines is 1. The quantitative estimate of drug-likeness (QED) is 0.771. The van der Waals surface area contributed by atoms with E-state index in [9.17, 15) is 4.79 Å². The molecule has 2 N–H and O–H groups in total. The average Bonchev–Trinajstić information content (AvgIpc) is 2.51. The molecular weight excluding hydrogens is 192 g/mol. The largest absolute Gasteiger partial charge is 0.308 e. The van der Waals surface area contributed by atoms with E-state index in [2.05, 4.69) is 15.7 Å². The maximum atomic E-state index is 11.8. The molecule has 1 heterocycles. The third kappa shape index (κ3) is 3.06. The Morgan fingerprint density at radius 3 is 2.73 bits per heavy atom. The lowest BCUT2D eigenvalue weighted by Gasteiger charge is -2.23. The summed E-state index contributed by atoms with van der Waals surface area (Å²) < 4.78 is 1.65. The molecule has 1 amide bonds. The van der Waals surface area contributed by atoms with Gasteiger partial charge in [-0.2, -0.15) is 5.10 Å². The molecule has 15 heavy (non-hydrogen) atoms. The highest BCUT2D eigenvalue weighted by atomic mass is 16.2. The molecule has 0 aliphatic carbocycles. The normalized spacial score (nSPS) is 11.5. The van der Waals surface area contributed by atoms with Crippen LogP contribution < -0.4 is 10.6 Å². The zero-order valence-corrected chi connectivity index (χ0v) is 9.66. The molecule has 0 aliphatic rings. The van der Waals surface area contributed by atoms with Gasteiger partial charge in [0.25, 0.3) is 0 Å². The van der Waals surface area contributed by atoms with E-state index in [1.165, 1.54) is 0 Å². The minimum absolute atomic E-state index is 0.0805. The monoisotopic (exact) mass is 210 g/mol. The molecule has 0 unspecified atom stereocenters. The Balaban J connectivity index is 2.63. The molecule has 5 nitrogen and oxygen atoms in total. The van der Waals surface area contributed by atoms with E-state index >= 15 is 0 Å². The molecule has 0 atom stereocenters. The zero-order chi connectivity index (χ0) is 11.5. The second kappa shape index (κ2) is 4.44. The molecule has 0 saturated carbocycles. The number of nitrogens with zero attached hydrogens (tertiary/aromatic N) is 2. The summed E-state index contributed by atoms with van der Waals surface area (Å²) in [5.41, 5.74) is -0.577. The summed E-state index contributed by atoms with van der Waals surface area (Å²) in [6.45, 7) is 6.40. The zero-order valence-electron chi connectivity index (χ0n) is 9.66. The number of aromatic nitrogens is 2. The van der Waals surface area contributed by atoms with Gasteiger partial charge in [-0.25, -0.2) is 0 Å². The van der Waals surface area contributed by atoms with Crippen LogP contribution in [0.5, 0.6) is 0 Å². The van der Waals surface area contributed by atoms with Gasteiger partial charge in [-0.15, -0.1) is 0 Å². The fourth-order valence-electron chi connectivity index (χ4n) is 1.28. The highest BCUT2D eigenvalue weighted by Gasteiger charge is 2.26. The molecule has 0 saturated heterocycles. The molecule has 84 valence electrons. The van der Waals surface area contributed by atoms with E-state index in [1.807, 2.05) is 27.8 Å². The highest BCUT2D eigenvalue weighted by Crippen LogP contribution is 2.07. The predicted molar refractivity (Wildman–Crippen MR) is 59.6 cm³/mol. The molecule has 0 aromatic carbocycles. The summed E-state index contributed by atoms with van der Waals surface area (Å²) in [7, 11) is 1.81. The van der Waals surface area contributed by atoms with Crippen molar-refractivity contribution in [1.82, 2.24) is 15.1 Å². The summed E-state index contributed by atoms with van der Waals surface area (Å²) in [6, 6.07) is 1.76. The molecule has 1 aromatic heterocycles. The number of amides is 1. The van der Waals surface area contributed by atoms with E-state index in [-0.39, 0.29) is 5.91 Å². The number of carbonyl (C=O) groups is 1. The van der Waals surface area contributed by atoms with Gasteiger partial charge in [-0.3, -0.25) is 9.48 Å². The standard InChI is InChI=1S/C10H18N4O/c1-5-11-10(2,3)9(15)12-8-6-7-14(4)13-8/h6-7,11H,5H2,1-4H3,(H,12,13,15). The molecule has 0 radical (unpaired) electrons. The first kappa shape index (κ1) is 11.7.